The predicted molar refractivity (Wildman–Crippen MR) is 103 cm³/mol. The van der Waals surface area contributed by atoms with Gasteiger partial charge in [-0.05, 0) is 54.7 Å². The fourth-order valence-electron chi connectivity index (χ4n) is 3.38. The first-order valence-electron chi connectivity index (χ1n) is 8.82. The summed E-state index contributed by atoms with van der Waals surface area (Å²) in [4.78, 5) is 15.0. The van der Waals surface area contributed by atoms with E-state index in [2.05, 4.69) is 0 Å². The smallest absolute Gasteiger partial charge is 0.254 e. The van der Waals surface area contributed by atoms with Gasteiger partial charge in [0.2, 0.25) is 0 Å². The van der Waals surface area contributed by atoms with Crippen LogP contribution >= 0.6 is 0 Å². The average Bonchev–Trinajstić information content (AvgIpc) is 2.67. The first-order valence-corrected chi connectivity index (χ1v) is 10.7. The van der Waals surface area contributed by atoms with Crippen molar-refractivity contribution in [3.8, 4) is 11.1 Å². The van der Waals surface area contributed by atoms with Crippen molar-refractivity contribution in [1.82, 2.24) is 4.90 Å². The van der Waals surface area contributed by atoms with E-state index in [0.29, 0.717) is 17.0 Å². The Labute approximate surface area is 154 Å². The molecule has 6 heteroatoms. The summed E-state index contributed by atoms with van der Waals surface area (Å²) >= 11 is 0. The number of hydrogen-bond acceptors (Lipinski definition) is 4. The molecule has 138 valence electrons. The van der Waals surface area contributed by atoms with Gasteiger partial charge < -0.3 is 10.6 Å². The lowest BCUT2D eigenvalue weighted by Gasteiger charge is -2.35. The third kappa shape index (κ3) is 3.97. The van der Waals surface area contributed by atoms with Gasteiger partial charge in [-0.3, -0.25) is 4.79 Å². The lowest BCUT2D eigenvalue weighted by molar-refractivity contribution is 0.0623. The van der Waals surface area contributed by atoms with Gasteiger partial charge in [0, 0.05) is 31.0 Å². The van der Waals surface area contributed by atoms with Crippen LogP contribution in [-0.2, 0) is 9.84 Å². The maximum Gasteiger partial charge on any atom is 0.254 e. The van der Waals surface area contributed by atoms with Crippen LogP contribution in [0.5, 0.6) is 0 Å². The first kappa shape index (κ1) is 18.6. The van der Waals surface area contributed by atoms with E-state index in [1.807, 2.05) is 29.2 Å². The molecule has 5 nitrogen and oxygen atoms in total. The van der Waals surface area contributed by atoms with Crippen molar-refractivity contribution in [2.24, 2.45) is 5.73 Å². The normalized spacial score (nSPS) is 17.9. The maximum atomic E-state index is 12.8. The van der Waals surface area contributed by atoms with Crippen molar-refractivity contribution in [3.63, 3.8) is 0 Å². The number of carbonyl (C=O) groups is 1. The molecule has 2 N–H and O–H groups in total. The summed E-state index contributed by atoms with van der Waals surface area (Å²) in [7, 11) is -3.20. The molecule has 0 bridgehead atoms. The monoisotopic (exact) mass is 372 g/mol. The quantitative estimate of drug-likeness (QED) is 0.895. The van der Waals surface area contributed by atoms with Crippen molar-refractivity contribution in [1.29, 1.82) is 0 Å². The summed E-state index contributed by atoms with van der Waals surface area (Å²) < 4.78 is 23.1. The van der Waals surface area contributed by atoms with Crippen molar-refractivity contribution in [2.75, 3.05) is 19.3 Å². The highest BCUT2D eigenvalue weighted by molar-refractivity contribution is 7.90. The molecule has 0 aliphatic carbocycles. The Morgan fingerprint density at radius 3 is 2.15 bits per heavy atom. The molecule has 1 aliphatic heterocycles. The molecule has 1 fully saturated rings. The van der Waals surface area contributed by atoms with Crippen molar-refractivity contribution >= 4 is 15.7 Å². The van der Waals surface area contributed by atoms with E-state index in [9.17, 15) is 13.2 Å². The van der Waals surface area contributed by atoms with Gasteiger partial charge in [0.15, 0.2) is 9.84 Å². The van der Waals surface area contributed by atoms with Gasteiger partial charge in [0.25, 0.3) is 5.91 Å². The fraction of sp³-hybridized carbons (Fsp3) is 0.350. The van der Waals surface area contributed by atoms with Crippen LogP contribution in [0.4, 0.5) is 0 Å². The number of carbonyl (C=O) groups excluding carboxylic acids is 1. The summed E-state index contributed by atoms with van der Waals surface area (Å²) in [5.74, 6) is 0.0270. The lowest BCUT2D eigenvalue weighted by atomic mass is 9.99. The molecule has 1 heterocycles. The molecule has 2 aromatic carbocycles. The minimum absolute atomic E-state index is 0.0270. The zero-order chi connectivity index (χ0) is 18.7. The topological polar surface area (TPSA) is 80.5 Å². The van der Waals surface area contributed by atoms with E-state index < -0.39 is 9.84 Å². The SMILES string of the molecule is CS(=O)(=O)c1ccc(-c2ccc(C(=O)N3CCCC[C@@H]3CN)cc2)cc1. The van der Waals surface area contributed by atoms with Gasteiger partial charge in [0.1, 0.15) is 0 Å². The van der Waals surface area contributed by atoms with Gasteiger partial charge >= 0.3 is 0 Å². The highest BCUT2D eigenvalue weighted by Gasteiger charge is 2.26. The first-order chi connectivity index (χ1) is 12.4. The van der Waals surface area contributed by atoms with Crippen molar-refractivity contribution < 1.29 is 13.2 Å². The summed E-state index contributed by atoms with van der Waals surface area (Å²) in [6.07, 6.45) is 4.30. The second kappa shape index (κ2) is 7.60. The van der Waals surface area contributed by atoms with E-state index in [1.54, 1.807) is 24.3 Å². The Hall–Kier alpha value is -2.18. The van der Waals surface area contributed by atoms with Gasteiger partial charge in [-0.15, -0.1) is 0 Å². The molecule has 2 aromatic rings. The second-order valence-electron chi connectivity index (χ2n) is 6.76. The van der Waals surface area contributed by atoms with Crippen molar-refractivity contribution in [2.45, 2.75) is 30.2 Å². The number of nitrogens with two attached hydrogens (primary N) is 1. The molecular weight excluding hydrogens is 348 g/mol. The molecule has 0 aromatic heterocycles. The zero-order valence-electron chi connectivity index (χ0n) is 14.9. The number of sulfone groups is 1. The Morgan fingerprint density at radius 2 is 1.62 bits per heavy atom. The number of hydrogen-bond donors (Lipinski definition) is 1. The zero-order valence-corrected chi connectivity index (χ0v) is 15.7. The van der Waals surface area contributed by atoms with Crippen LogP contribution in [0.15, 0.2) is 53.4 Å². The van der Waals surface area contributed by atoms with Crippen LogP contribution in [-0.4, -0.2) is 44.6 Å². The van der Waals surface area contributed by atoms with Crippen LogP contribution in [0.2, 0.25) is 0 Å². The lowest BCUT2D eigenvalue weighted by Crippen LogP contribution is -2.47. The molecule has 0 radical (unpaired) electrons. The summed E-state index contributed by atoms with van der Waals surface area (Å²) in [5.41, 5.74) is 8.32. The van der Waals surface area contributed by atoms with Crippen molar-refractivity contribution in [3.05, 3.63) is 54.1 Å². The fourth-order valence-corrected chi connectivity index (χ4v) is 4.01. The van der Waals surface area contributed by atoms with Gasteiger partial charge in [0.05, 0.1) is 4.90 Å². The van der Waals surface area contributed by atoms with Gasteiger partial charge in [-0.25, -0.2) is 8.42 Å². The number of piperidine rings is 1. The van der Waals surface area contributed by atoms with Crippen LogP contribution in [0.3, 0.4) is 0 Å². The largest absolute Gasteiger partial charge is 0.334 e. The van der Waals surface area contributed by atoms with Gasteiger partial charge in [-0.2, -0.15) is 0 Å². The number of nitrogens with zero attached hydrogens (tertiary/aromatic N) is 1. The minimum atomic E-state index is -3.20. The van der Waals surface area contributed by atoms with Crippen LogP contribution < -0.4 is 5.73 Å². The molecule has 3 rings (SSSR count). The van der Waals surface area contributed by atoms with Crippen LogP contribution in [0, 0.1) is 0 Å². The Morgan fingerprint density at radius 1 is 1.04 bits per heavy atom. The van der Waals surface area contributed by atoms with E-state index >= 15 is 0 Å². The Balaban J connectivity index is 1.79. The molecule has 1 atom stereocenters. The maximum absolute atomic E-state index is 12.8. The predicted octanol–water partition coefficient (Wildman–Crippen LogP) is 2.71. The second-order valence-corrected chi connectivity index (χ2v) is 8.77. The molecule has 0 spiro atoms. The van der Waals surface area contributed by atoms with E-state index in [0.717, 1.165) is 36.9 Å². The number of rotatable bonds is 4. The molecule has 1 saturated heterocycles. The molecule has 0 unspecified atom stereocenters. The van der Waals surface area contributed by atoms with Crippen LogP contribution in [0.1, 0.15) is 29.6 Å². The summed E-state index contributed by atoms with van der Waals surface area (Å²) in [6.45, 7) is 1.26. The Bertz CT molecular complexity index is 874. The molecular formula is C20H24N2O3S. The van der Waals surface area contributed by atoms with E-state index in [-0.39, 0.29) is 11.9 Å². The Kier molecular flexibility index (Phi) is 5.44. The number of amides is 1. The van der Waals surface area contributed by atoms with Gasteiger partial charge in [-0.1, -0.05) is 24.3 Å². The molecule has 1 amide bonds. The third-order valence-corrected chi connectivity index (χ3v) is 6.04. The van der Waals surface area contributed by atoms with E-state index in [1.165, 1.54) is 6.26 Å². The number of benzene rings is 2. The highest BCUT2D eigenvalue weighted by Crippen LogP contribution is 2.24. The van der Waals surface area contributed by atoms with E-state index in [4.69, 9.17) is 5.73 Å². The standard InChI is InChI=1S/C20H24N2O3S/c1-26(24,25)19-11-9-16(10-12-19)15-5-7-17(8-6-15)20(23)22-13-3-2-4-18(22)14-21/h5-12,18H,2-4,13-14,21H2,1H3/t18-/m1/s1. The molecule has 1 aliphatic rings. The number of likely N-dealkylation sites (tertiary alicyclic amines) is 1. The summed E-state index contributed by atoms with van der Waals surface area (Å²) in [5, 5.41) is 0. The minimum Gasteiger partial charge on any atom is -0.334 e. The molecule has 26 heavy (non-hydrogen) atoms. The molecule has 0 saturated carbocycles. The third-order valence-electron chi connectivity index (χ3n) is 4.91. The average molecular weight is 372 g/mol. The highest BCUT2D eigenvalue weighted by atomic mass is 32.2. The summed E-state index contributed by atoms with van der Waals surface area (Å²) in [6, 6.07) is 14.3. The van der Waals surface area contributed by atoms with Crippen LogP contribution in [0.25, 0.3) is 11.1 Å².